The Morgan fingerprint density at radius 2 is 1.55 bits per heavy atom. The average molecular weight is 429 g/mol. The van der Waals surface area contributed by atoms with Crippen molar-refractivity contribution in [1.82, 2.24) is 4.98 Å². The minimum Gasteiger partial charge on any atom is -0.322 e. The van der Waals surface area contributed by atoms with Gasteiger partial charge in [-0.3, -0.25) is 4.79 Å². The fourth-order valence-electron chi connectivity index (χ4n) is 4.01. The SMILES string of the molecule is Cc1cc(C)c2nc(-c3ccc(Cl)cc3)c(C)c(C(=O)Nc3ccc(C)c(C)c3)c2c1. The highest BCUT2D eigenvalue weighted by Crippen LogP contribution is 2.33. The lowest BCUT2D eigenvalue weighted by Gasteiger charge is -2.17. The Bertz CT molecular complexity index is 1320. The van der Waals surface area contributed by atoms with Crippen LogP contribution in [0.3, 0.4) is 0 Å². The van der Waals surface area contributed by atoms with Crippen LogP contribution < -0.4 is 5.32 Å². The molecule has 0 unspecified atom stereocenters. The molecule has 0 aliphatic heterocycles. The number of nitrogens with one attached hydrogen (secondary N) is 1. The van der Waals surface area contributed by atoms with Gasteiger partial charge in [0.25, 0.3) is 5.91 Å². The van der Waals surface area contributed by atoms with E-state index >= 15 is 0 Å². The Hall–Kier alpha value is -3.17. The van der Waals surface area contributed by atoms with Crippen molar-refractivity contribution in [2.75, 3.05) is 5.32 Å². The van der Waals surface area contributed by atoms with Crippen LogP contribution >= 0.6 is 11.6 Å². The van der Waals surface area contributed by atoms with Crippen LogP contribution in [0.25, 0.3) is 22.2 Å². The molecule has 3 aromatic carbocycles. The molecule has 31 heavy (non-hydrogen) atoms. The van der Waals surface area contributed by atoms with Crippen molar-refractivity contribution in [1.29, 1.82) is 0 Å². The second kappa shape index (κ2) is 8.16. The van der Waals surface area contributed by atoms with Crippen LogP contribution in [0.4, 0.5) is 5.69 Å². The molecule has 1 heterocycles. The van der Waals surface area contributed by atoms with Crippen molar-refractivity contribution in [3.05, 3.63) is 93.0 Å². The number of nitrogens with zero attached hydrogens (tertiary/aromatic N) is 1. The minimum atomic E-state index is -0.131. The molecule has 0 radical (unpaired) electrons. The summed E-state index contributed by atoms with van der Waals surface area (Å²) in [7, 11) is 0. The highest BCUT2D eigenvalue weighted by Gasteiger charge is 2.20. The van der Waals surface area contributed by atoms with Crippen molar-refractivity contribution in [3.8, 4) is 11.3 Å². The molecule has 0 aliphatic rings. The van der Waals surface area contributed by atoms with Gasteiger partial charge in [0.1, 0.15) is 0 Å². The molecule has 3 nitrogen and oxygen atoms in total. The van der Waals surface area contributed by atoms with E-state index < -0.39 is 0 Å². The number of carbonyl (C=O) groups is 1. The van der Waals surface area contributed by atoms with E-state index in [1.165, 1.54) is 5.56 Å². The van der Waals surface area contributed by atoms with E-state index in [-0.39, 0.29) is 5.91 Å². The van der Waals surface area contributed by atoms with Crippen molar-refractivity contribution in [2.24, 2.45) is 0 Å². The number of pyridine rings is 1. The molecule has 0 fully saturated rings. The largest absolute Gasteiger partial charge is 0.322 e. The normalized spacial score (nSPS) is 11.0. The summed E-state index contributed by atoms with van der Waals surface area (Å²) in [5.74, 6) is -0.131. The highest BCUT2D eigenvalue weighted by molar-refractivity contribution is 6.30. The van der Waals surface area contributed by atoms with E-state index in [4.69, 9.17) is 16.6 Å². The van der Waals surface area contributed by atoms with E-state index in [0.29, 0.717) is 10.6 Å². The zero-order valence-corrected chi connectivity index (χ0v) is 19.2. The van der Waals surface area contributed by atoms with Crippen LogP contribution in [0.2, 0.25) is 5.02 Å². The number of carbonyl (C=O) groups excluding carboxylic acids is 1. The number of amides is 1. The summed E-state index contributed by atoms with van der Waals surface area (Å²) in [6.07, 6.45) is 0. The van der Waals surface area contributed by atoms with E-state index in [1.807, 2.05) is 76.2 Å². The fraction of sp³-hybridized carbons (Fsp3) is 0.185. The van der Waals surface area contributed by atoms with Crippen LogP contribution in [0.1, 0.15) is 38.2 Å². The molecule has 0 bridgehead atoms. The molecule has 0 saturated carbocycles. The minimum absolute atomic E-state index is 0.131. The van der Waals surface area contributed by atoms with E-state index in [2.05, 4.69) is 18.3 Å². The predicted octanol–water partition coefficient (Wildman–Crippen LogP) is 7.35. The number of hydrogen-bond donors (Lipinski definition) is 1. The number of hydrogen-bond acceptors (Lipinski definition) is 2. The number of rotatable bonds is 3. The van der Waals surface area contributed by atoms with Gasteiger partial charge in [-0.2, -0.15) is 0 Å². The molecule has 1 aromatic heterocycles. The second-order valence-electron chi connectivity index (χ2n) is 8.20. The van der Waals surface area contributed by atoms with E-state index in [9.17, 15) is 4.79 Å². The van der Waals surface area contributed by atoms with Gasteiger partial charge >= 0.3 is 0 Å². The Morgan fingerprint density at radius 1 is 0.839 bits per heavy atom. The Balaban J connectivity index is 1.93. The van der Waals surface area contributed by atoms with Crippen molar-refractivity contribution in [2.45, 2.75) is 34.6 Å². The second-order valence-corrected chi connectivity index (χ2v) is 8.63. The molecule has 0 saturated heterocycles. The number of anilines is 1. The molecule has 0 atom stereocenters. The fourth-order valence-corrected chi connectivity index (χ4v) is 4.14. The number of fused-ring (bicyclic) bond motifs is 1. The maximum atomic E-state index is 13.5. The quantitative estimate of drug-likeness (QED) is 0.370. The first kappa shape index (κ1) is 21.1. The van der Waals surface area contributed by atoms with Crippen LogP contribution in [-0.4, -0.2) is 10.9 Å². The molecule has 4 heteroatoms. The number of aromatic nitrogens is 1. The van der Waals surface area contributed by atoms with Crippen molar-refractivity contribution < 1.29 is 4.79 Å². The lowest BCUT2D eigenvalue weighted by molar-refractivity contribution is 0.102. The summed E-state index contributed by atoms with van der Waals surface area (Å²) in [6, 6.07) is 17.7. The standard InChI is InChI=1S/C27H25ClN2O/c1-15-12-18(4)25-23(13-15)24(27(31)29-22-11-6-16(2)17(3)14-22)19(5)26(30-25)20-7-9-21(28)10-8-20/h6-14H,1-5H3,(H,29,31). The maximum absolute atomic E-state index is 13.5. The smallest absolute Gasteiger partial charge is 0.256 e. The first-order valence-corrected chi connectivity index (χ1v) is 10.7. The lowest BCUT2D eigenvalue weighted by Crippen LogP contribution is -2.16. The van der Waals surface area contributed by atoms with Gasteiger partial charge in [-0.05, 0) is 87.2 Å². The van der Waals surface area contributed by atoms with Crippen LogP contribution in [-0.2, 0) is 0 Å². The monoisotopic (exact) mass is 428 g/mol. The van der Waals surface area contributed by atoms with Gasteiger partial charge in [0.15, 0.2) is 0 Å². The number of aryl methyl sites for hydroxylation is 4. The topological polar surface area (TPSA) is 42.0 Å². The molecule has 0 spiro atoms. The zero-order chi connectivity index (χ0) is 22.3. The Labute approximate surface area is 188 Å². The molecule has 1 amide bonds. The van der Waals surface area contributed by atoms with Crippen LogP contribution in [0.15, 0.2) is 54.6 Å². The first-order valence-electron chi connectivity index (χ1n) is 10.3. The molecule has 156 valence electrons. The van der Waals surface area contributed by atoms with Gasteiger partial charge in [0.05, 0.1) is 16.8 Å². The molecule has 4 rings (SSSR count). The summed E-state index contributed by atoms with van der Waals surface area (Å²) in [6.45, 7) is 10.1. The van der Waals surface area contributed by atoms with Crippen molar-refractivity contribution >= 4 is 34.1 Å². The number of halogens is 1. The van der Waals surface area contributed by atoms with Gasteiger partial charge in [-0.25, -0.2) is 4.98 Å². The third kappa shape index (κ3) is 4.06. The zero-order valence-electron chi connectivity index (χ0n) is 18.4. The molecule has 1 N–H and O–H groups in total. The van der Waals surface area contributed by atoms with Gasteiger partial charge in [0.2, 0.25) is 0 Å². The summed E-state index contributed by atoms with van der Waals surface area (Å²) in [5.41, 5.74) is 9.34. The van der Waals surface area contributed by atoms with Crippen LogP contribution in [0, 0.1) is 34.6 Å². The Kier molecular flexibility index (Phi) is 5.55. The van der Waals surface area contributed by atoms with Crippen LogP contribution in [0.5, 0.6) is 0 Å². The summed E-state index contributed by atoms with van der Waals surface area (Å²) >= 11 is 6.09. The summed E-state index contributed by atoms with van der Waals surface area (Å²) in [4.78, 5) is 18.5. The third-order valence-corrected chi connectivity index (χ3v) is 6.03. The van der Waals surface area contributed by atoms with E-state index in [1.54, 1.807) is 0 Å². The highest BCUT2D eigenvalue weighted by atomic mass is 35.5. The number of benzene rings is 3. The first-order chi connectivity index (χ1) is 14.7. The van der Waals surface area contributed by atoms with Gasteiger partial charge in [-0.1, -0.05) is 41.4 Å². The summed E-state index contributed by atoms with van der Waals surface area (Å²) < 4.78 is 0. The molecular formula is C27H25ClN2O. The third-order valence-electron chi connectivity index (χ3n) is 5.78. The predicted molar refractivity (Wildman–Crippen MR) is 130 cm³/mol. The lowest BCUT2D eigenvalue weighted by atomic mass is 9.94. The van der Waals surface area contributed by atoms with E-state index in [0.717, 1.165) is 50.1 Å². The summed E-state index contributed by atoms with van der Waals surface area (Å²) in [5, 5.41) is 4.64. The Morgan fingerprint density at radius 3 is 2.23 bits per heavy atom. The van der Waals surface area contributed by atoms with Gasteiger partial charge in [-0.15, -0.1) is 0 Å². The van der Waals surface area contributed by atoms with Crippen molar-refractivity contribution in [3.63, 3.8) is 0 Å². The molecule has 4 aromatic rings. The van der Waals surface area contributed by atoms with Gasteiger partial charge < -0.3 is 5.32 Å². The molecule has 0 aliphatic carbocycles. The van der Waals surface area contributed by atoms with Gasteiger partial charge in [0, 0.05) is 21.7 Å². The maximum Gasteiger partial charge on any atom is 0.256 e. The molecular weight excluding hydrogens is 404 g/mol. The average Bonchev–Trinajstić information content (AvgIpc) is 2.71.